The second-order valence-electron chi connectivity index (χ2n) is 5.43. The number of halogens is 2. The molecule has 0 aliphatic heterocycles. The Morgan fingerprint density at radius 2 is 2.00 bits per heavy atom. The summed E-state index contributed by atoms with van der Waals surface area (Å²) in [5.74, 6) is -0.513. The molecule has 1 amide bonds. The third-order valence-electron chi connectivity index (χ3n) is 3.69. The molecular formula is C18H15ClFN3O. The molecular weight excluding hydrogens is 329 g/mol. The maximum atomic E-state index is 13.3. The highest BCUT2D eigenvalue weighted by Crippen LogP contribution is 2.23. The van der Waals surface area contributed by atoms with E-state index < -0.39 is 0 Å². The van der Waals surface area contributed by atoms with Crippen molar-refractivity contribution in [1.29, 1.82) is 0 Å². The normalized spacial score (nSPS) is 10.6. The number of aromatic nitrogens is 2. The molecule has 0 radical (unpaired) electrons. The van der Waals surface area contributed by atoms with E-state index in [0.29, 0.717) is 28.4 Å². The molecule has 3 rings (SSSR count). The van der Waals surface area contributed by atoms with E-state index in [-0.39, 0.29) is 11.7 Å². The van der Waals surface area contributed by atoms with Crippen molar-refractivity contribution in [2.24, 2.45) is 0 Å². The van der Waals surface area contributed by atoms with Crippen LogP contribution in [-0.4, -0.2) is 16.1 Å². The first-order valence-corrected chi connectivity index (χ1v) is 7.75. The first-order chi connectivity index (χ1) is 11.5. The molecule has 0 spiro atoms. The molecule has 0 aliphatic carbocycles. The van der Waals surface area contributed by atoms with Crippen LogP contribution in [-0.2, 0) is 6.54 Å². The molecule has 1 heterocycles. The monoisotopic (exact) mass is 343 g/mol. The minimum atomic E-state index is -0.259. The standard InChI is InChI=1S/C18H15ClFN3O/c1-11-8-12(2-7-16(11)20)9-21-18(24)15-10-22-23-17(15)13-3-5-14(19)6-4-13/h2-8,10H,9H2,1H3,(H,21,24)(H,22,23). The number of H-pyrrole nitrogens is 1. The number of aryl methyl sites for hydroxylation is 1. The largest absolute Gasteiger partial charge is 0.348 e. The lowest BCUT2D eigenvalue weighted by molar-refractivity contribution is 0.0951. The van der Waals surface area contributed by atoms with Crippen molar-refractivity contribution < 1.29 is 9.18 Å². The molecule has 3 aromatic rings. The summed E-state index contributed by atoms with van der Waals surface area (Å²) in [6.07, 6.45) is 1.48. The van der Waals surface area contributed by atoms with Crippen LogP contribution >= 0.6 is 11.6 Å². The Labute approximate surface area is 143 Å². The first kappa shape index (κ1) is 16.2. The number of benzene rings is 2. The molecule has 6 heteroatoms. The molecule has 122 valence electrons. The molecule has 0 bridgehead atoms. The zero-order valence-electron chi connectivity index (χ0n) is 12.9. The van der Waals surface area contributed by atoms with E-state index in [4.69, 9.17) is 11.6 Å². The van der Waals surface area contributed by atoms with Crippen LogP contribution in [0, 0.1) is 12.7 Å². The Hall–Kier alpha value is -2.66. The molecule has 0 saturated heterocycles. The highest BCUT2D eigenvalue weighted by atomic mass is 35.5. The highest BCUT2D eigenvalue weighted by molar-refractivity contribution is 6.30. The maximum Gasteiger partial charge on any atom is 0.255 e. The van der Waals surface area contributed by atoms with Crippen molar-refractivity contribution in [3.05, 3.63) is 76.2 Å². The first-order valence-electron chi connectivity index (χ1n) is 7.37. The van der Waals surface area contributed by atoms with Crippen LogP contribution in [0.1, 0.15) is 21.5 Å². The third-order valence-corrected chi connectivity index (χ3v) is 3.94. The smallest absolute Gasteiger partial charge is 0.255 e. The van der Waals surface area contributed by atoms with Gasteiger partial charge in [0, 0.05) is 17.1 Å². The summed E-state index contributed by atoms with van der Waals surface area (Å²) < 4.78 is 13.3. The van der Waals surface area contributed by atoms with Gasteiger partial charge in [0.2, 0.25) is 0 Å². The van der Waals surface area contributed by atoms with E-state index in [1.54, 1.807) is 31.2 Å². The van der Waals surface area contributed by atoms with Gasteiger partial charge in [-0.1, -0.05) is 35.9 Å². The molecule has 0 fully saturated rings. The van der Waals surface area contributed by atoms with Crippen molar-refractivity contribution in [3.63, 3.8) is 0 Å². The fraction of sp³-hybridized carbons (Fsp3) is 0.111. The number of carbonyl (C=O) groups excluding carboxylic acids is 1. The van der Waals surface area contributed by atoms with Crippen LogP contribution in [0.3, 0.4) is 0 Å². The minimum Gasteiger partial charge on any atom is -0.348 e. The zero-order chi connectivity index (χ0) is 17.1. The van der Waals surface area contributed by atoms with Gasteiger partial charge in [-0.3, -0.25) is 9.89 Å². The van der Waals surface area contributed by atoms with E-state index in [1.807, 2.05) is 12.1 Å². The van der Waals surface area contributed by atoms with Crippen LogP contribution in [0.5, 0.6) is 0 Å². The number of nitrogens with one attached hydrogen (secondary N) is 2. The predicted octanol–water partition coefficient (Wildman–Crippen LogP) is 4.11. The fourth-order valence-corrected chi connectivity index (χ4v) is 2.52. The van der Waals surface area contributed by atoms with Gasteiger partial charge >= 0.3 is 0 Å². The van der Waals surface area contributed by atoms with Crippen molar-refractivity contribution >= 4 is 17.5 Å². The maximum absolute atomic E-state index is 13.3. The van der Waals surface area contributed by atoms with Gasteiger partial charge in [-0.15, -0.1) is 0 Å². The van der Waals surface area contributed by atoms with Crippen LogP contribution in [0.15, 0.2) is 48.7 Å². The van der Waals surface area contributed by atoms with E-state index >= 15 is 0 Å². The van der Waals surface area contributed by atoms with E-state index in [1.165, 1.54) is 12.3 Å². The summed E-state index contributed by atoms with van der Waals surface area (Å²) in [5, 5.41) is 10.2. The number of rotatable bonds is 4. The van der Waals surface area contributed by atoms with Crippen molar-refractivity contribution in [3.8, 4) is 11.3 Å². The van der Waals surface area contributed by atoms with Gasteiger partial charge in [0.25, 0.3) is 5.91 Å². The second kappa shape index (κ2) is 6.84. The SMILES string of the molecule is Cc1cc(CNC(=O)c2cn[nH]c2-c2ccc(Cl)cc2)ccc1F. The highest BCUT2D eigenvalue weighted by Gasteiger charge is 2.15. The van der Waals surface area contributed by atoms with Gasteiger partial charge in [-0.2, -0.15) is 5.10 Å². The predicted molar refractivity (Wildman–Crippen MR) is 91.3 cm³/mol. The van der Waals surface area contributed by atoms with Crippen LogP contribution in [0.2, 0.25) is 5.02 Å². The molecule has 4 nitrogen and oxygen atoms in total. The van der Waals surface area contributed by atoms with Gasteiger partial charge < -0.3 is 5.32 Å². The summed E-state index contributed by atoms with van der Waals surface area (Å²) in [5.41, 5.74) is 3.26. The molecule has 0 saturated carbocycles. The lowest BCUT2D eigenvalue weighted by atomic mass is 10.1. The number of carbonyl (C=O) groups is 1. The molecule has 0 atom stereocenters. The molecule has 2 N–H and O–H groups in total. The fourth-order valence-electron chi connectivity index (χ4n) is 2.39. The Morgan fingerprint density at radius 3 is 2.71 bits per heavy atom. The van der Waals surface area contributed by atoms with Gasteiger partial charge in [-0.25, -0.2) is 4.39 Å². The number of amides is 1. The van der Waals surface area contributed by atoms with Crippen LogP contribution in [0.25, 0.3) is 11.3 Å². The topological polar surface area (TPSA) is 57.8 Å². The summed E-state index contributed by atoms with van der Waals surface area (Å²) in [6, 6.07) is 11.9. The van der Waals surface area contributed by atoms with E-state index in [0.717, 1.165) is 11.1 Å². The summed E-state index contributed by atoms with van der Waals surface area (Å²) in [4.78, 5) is 12.4. The lowest BCUT2D eigenvalue weighted by Gasteiger charge is -2.07. The summed E-state index contributed by atoms with van der Waals surface area (Å²) in [6.45, 7) is 2.00. The number of hydrogen-bond donors (Lipinski definition) is 2. The van der Waals surface area contributed by atoms with E-state index in [2.05, 4.69) is 15.5 Å². The van der Waals surface area contributed by atoms with Gasteiger partial charge in [0.1, 0.15) is 5.82 Å². The second-order valence-corrected chi connectivity index (χ2v) is 5.87. The van der Waals surface area contributed by atoms with Gasteiger partial charge in [0.05, 0.1) is 17.5 Å². The number of hydrogen-bond acceptors (Lipinski definition) is 2. The Bertz CT molecular complexity index is 874. The van der Waals surface area contributed by atoms with E-state index in [9.17, 15) is 9.18 Å². The van der Waals surface area contributed by atoms with Crippen molar-refractivity contribution in [2.75, 3.05) is 0 Å². The molecule has 24 heavy (non-hydrogen) atoms. The average molecular weight is 344 g/mol. The molecule has 0 aliphatic rings. The average Bonchev–Trinajstić information content (AvgIpc) is 3.06. The number of aromatic amines is 1. The zero-order valence-corrected chi connectivity index (χ0v) is 13.7. The summed E-state index contributed by atoms with van der Waals surface area (Å²) >= 11 is 5.89. The molecule has 1 aromatic heterocycles. The van der Waals surface area contributed by atoms with Crippen LogP contribution in [0.4, 0.5) is 4.39 Å². The minimum absolute atomic E-state index is 0.254. The summed E-state index contributed by atoms with van der Waals surface area (Å²) in [7, 11) is 0. The van der Waals surface area contributed by atoms with Crippen molar-refractivity contribution in [2.45, 2.75) is 13.5 Å². The van der Waals surface area contributed by atoms with Gasteiger partial charge in [0.15, 0.2) is 0 Å². The quantitative estimate of drug-likeness (QED) is 0.749. The Balaban J connectivity index is 1.75. The Morgan fingerprint density at radius 1 is 1.25 bits per heavy atom. The lowest BCUT2D eigenvalue weighted by Crippen LogP contribution is -2.23. The molecule has 2 aromatic carbocycles. The van der Waals surface area contributed by atoms with Crippen molar-refractivity contribution in [1.82, 2.24) is 15.5 Å². The van der Waals surface area contributed by atoms with Gasteiger partial charge in [-0.05, 0) is 36.2 Å². The Kier molecular flexibility index (Phi) is 4.62. The third kappa shape index (κ3) is 3.46. The number of nitrogens with zero attached hydrogens (tertiary/aromatic N) is 1. The molecule has 0 unspecified atom stereocenters. The van der Waals surface area contributed by atoms with Crippen LogP contribution < -0.4 is 5.32 Å².